The molecule has 0 aliphatic rings. The summed E-state index contributed by atoms with van der Waals surface area (Å²) in [5.74, 6) is -1.23. The number of methoxy groups -OCH3 is 1. The number of ether oxygens (including phenoxy) is 1. The molecule has 0 heterocycles. The summed E-state index contributed by atoms with van der Waals surface area (Å²) in [4.78, 5) is 10.9. The predicted molar refractivity (Wildman–Crippen MR) is 74.8 cm³/mol. The van der Waals surface area contributed by atoms with Crippen LogP contribution in [0, 0.1) is 6.92 Å². The number of halogens is 1. The van der Waals surface area contributed by atoms with Gasteiger partial charge in [0.1, 0.15) is 0 Å². The molecule has 1 rings (SSSR count). The quantitative estimate of drug-likeness (QED) is 0.831. The van der Waals surface area contributed by atoms with Crippen molar-refractivity contribution in [3.05, 3.63) is 28.3 Å². The Morgan fingerprint density at radius 3 is 2.60 bits per heavy atom. The molecule has 2 N–H and O–H groups in total. The number of sulfonamides is 1. The Balaban J connectivity index is 3.21. The first-order valence-electron chi connectivity index (χ1n) is 5.75. The molecule has 0 saturated heterocycles. The van der Waals surface area contributed by atoms with Crippen LogP contribution in [0.5, 0.6) is 0 Å². The molecule has 8 heteroatoms. The number of hydrogen-bond acceptors (Lipinski definition) is 4. The second-order valence-electron chi connectivity index (χ2n) is 4.28. The van der Waals surface area contributed by atoms with Crippen molar-refractivity contribution in [2.75, 3.05) is 13.7 Å². The highest BCUT2D eigenvalue weighted by Crippen LogP contribution is 2.24. The number of carbonyl (C=O) groups is 1. The van der Waals surface area contributed by atoms with Crippen LogP contribution in [-0.4, -0.2) is 39.3 Å². The van der Waals surface area contributed by atoms with E-state index < -0.39 is 16.0 Å². The van der Waals surface area contributed by atoms with E-state index in [-0.39, 0.29) is 33.7 Å². The monoisotopic (exact) mass is 321 g/mol. The lowest BCUT2D eigenvalue weighted by molar-refractivity contribution is 0.0695. The molecule has 0 spiro atoms. The molecule has 112 valence electrons. The molecule has 1 atom stereocenters. The minimum Gasteiger partial charge on any atom is -0.478 e. The van der Waals surface area contributed by atoms with Crippen LogP contribution < -0.4 is 4.72 Å². The summed E-state index contributed by atoms with van der Waals surface area (Å²) in [5.41, 5.74) is -0.00265. The molecule has 1 aromatic rings. The first-order valence-corrected chi connectivity index (χ1v) is 7.61. The van der Waals surface area contributed by atoms with E-state index in [1.165, 1.54) is 26.2 Å². The van der Waals surface area contributed by atoms with E-state index in [0.29, 0.717) is 0 Å². The van der Waals surface area contributed by atoms with Gasteiger partial charge in [0.15, 0.2) is 0 Å². The zero-order valence-corrected chi connectivity index (χ0v) is 12.9. The van der Waals surface area contributed by atoms with Gasteiger partial charge in [-0.3, -0.25) is 0 Å². The van der Waals surface area contributed by atoms with Gasteiger partial charge in [0.05, 0.1) is 16.6 Å². The van der Waals surface area contributed by atoms with E-state index in [1.807, 2.05) is 0 Å². The molecular weight excluding hydrogens is 306 g/mol. The maximum Gasteiger partial charge on any atom is 0.336 e. The van der Waals surface area contributed by atoms with Gasteiger partial charge >= 0.3 is 5.97 Å². The van der Waals surface area contributed by atoms with Crippen molar-refractivity contribution < 1.29 is 23.1 Å². The van der Waals surface area contributed by atoms with Crippen LogP contribution in [0.2, 0.25) is 5.02 Å². The fourth-order valence-corrected chi connectivity index (χ4v) is 3.23. The standard InChI is InChI=1S/C12H16ClNO5S/c1-7(19-3)6-14-20(17,18)11-5-9(13)4-10(8(11)2)12(15)16/h4-5,7,14H,6H2,1-3H3,(H,15,16). The van der Waals surface area contributed by atoms with Crippen molar-refractivity contribution in [3.8, 4) is 0 Å². The highest BCUT2D eigenvalue weighted by Gasteiger charge is 2.22. The molecule has 1 aromatic carbocycles. The Hall–Kier alpha value is -1.15. The van der Waals surface area contributed by atoms with Crippen LogP contribution in [0.4, 0.5) is 0 Å². The maximum absolute atomic E-state index is 12.2. The molecule has 0 aliphatic carbocycles. The maximum atomic E-state index is 12.2. The third-order valence-corrected chi connectivity index (χ3v) is 4.58. The van der Waals surface area contributed by atoms with Gasteiger partial charge in [-0.15, -0.1) is 0 Å². The highest BCUT2D eigenvalue weighted by atomic mass is 35.5. The van der Waals surface area contributed by atoms with Crippen molar-refractivity contribution in [1.29, 1.82) is 0 Å². The summed E-state index contributed by atoms with van der Waals surface area (Å²) in [6.07, 6.45) is -0.303. The SMILES string of the molecule is COC(C)CNS(=O)(=O)c1cc(Cl)cc(C(=O)O)c1C. The largest absolute Gasteiger partial charge is 0.478 e. The number of hydrogen-bond donors (Lipinski definition) is 2. The smallest absolute Gasteiger partial charge is 0.336 e. The number of carboxylic acid groups (broad SMARTS) is 1. The van der Waals surface area contributed by atoms with Crippen molar-refractivity contribution in [2.24, 2.45) is 0 Å². The van der Waals surface area contributed by atoms with Gasteiger partial charge in [-0.25, -0.2) is 17.9 Å². The van der Waals surface area contributed by atoms with Gasteiger partial charge in [0.2, 0.25) is 10.0 Å². The molecule has 0 fully saturated rings. The molecule has 0 aromatic heterocycles. The van der Waals surface area contributed by atoms with Gasteiger partial charge < -0.3 is 9.84 Å². The lowest BCUT2D eigenvalue weighted by Crippen LogP contribution is -2.32. The fraction of sp³-hybridized carbons (Fsp3) is 0.417. The summed E-state index contributed by atoms with van der Waals surface area (Å²) in [7, 11) is -2.39. The van der Waals surface area contributed by atoms with Crippen molar-refractivity contribution in [3.63, 3.8) is 0 Å². The Kier molecular flexibility index (Phi) is 5.52. The second-order valence-corrected chi connectivity index (χ2v) is 6.45. The van der Waals surface area contributed by atoms with Gasteiger partial charge in [-0.05, 0) is 31.5 Å². The van der Waals surface area contributed by atoms with Crippen molar-refractivity contribution in [2.45, 2.75) is 24.8 Å². The molecule has 1 unspecified atom stereocenters. The Morgan fingerprint density at radius 1 is 1.50 bits per heavy atom. The highest BCUT2D eigenvalue weighted by molar-refractivity contribution is 7.89. The van der Waals surface area contributed by atoms with E-state index in [2.05, 4.69) is 4.72 Å². The second kappa shape index (κ2) is 6.53. The van der Waals surface area contributed by atoms with Crippen LogP contribution >= 0.6 is 11.6 Å². The third kappa shape index (κ3) is 3.92. The minimum absolute atomic E-state index is 0.0492. The molecule has 0 radical (unpaired) electrons. The minimum atomic E-state index is -3.85. The number of aromatic carboxylic acids is 1. The molecule has 0 bridgehead atoms. The Bertz CT molecular complexity index is 615. The summed E-state index contributed by atoms with van der Waals surface area (Å²) >= 11 is 5.78. The Morgan fingerprint density at radius 2 is 2.10 bits per heavy atom. The first-order chi connectivity index (χ1) is 9.19. The number of carboxylic acids is 1. The summed E-state index contributed by atoms with van der Waals surface area (Å²) < 4.78 is 31.7. The Labute approximate surface area is 122 Å². The van der Waals surface area contributed by atoms with E-state index in [4.69, 9.17) is 21.4 Å². The molecule has 0 amide bonds. The normalized spacial score (nSPS) is 13.2. The first kappa shape index (κ1) is 16.9. The van der Waals surface area contributed by atoms with Crippen LogP contribution in [0.25, 0.3) is 0 Å². The molecule has 20 heavy (non-hydrogen) atoms. The molecular formula is C12H16ClNO5S. The van der Waals surface area contributed by atoms with E-state index >= 15 is 0 Å². The van der Waals surface area contributed by atoms with Crippen LogP contribution in [-0.2, 0) is 14.8 Å². The van der Waals surface area contributed by atoms with Crippen LogP contribution in [0.3, 0.4) is 0 Å². The lowest BCUT2D eigenvalue weighted by Gasteiger charge is -2.14. The van der Waals surface area contributed by atoms with Gasteiger partial charge in [-0.2, -0.15) is 0 Å². The summed E-state index contributed by atoms with van der Waals surface area (Å²) in [6.45, 7) is 3.21. The zero-order valence-electron chi connectivity index (χ0n) is 11.3. The van der Waals surface area contributed by atoms with Crippen LogP contribution in [0.1, 0.15) is 22.8 Å². The fourth-order valence-electron chi connectivity index (χ4n) is 1.54. The van der Waals surface area contributed by atoms with E-state index in [0.717, 1.165) is 0 Å². The summed E-state index contributed by atoms with van der Waals surface area (Å²) in [5, 5.41) is 9.09. The van der Waals surface area contributed by atoms with Crippen molar-refractivity contribution >= 4 is 27.6 Å². The number of rotatable bonds is 6. The average molecular weight is 322 g/mol. The van der Waals surface area contributed by atoms with E-state index in [9.17, 15) is 13.2 Å². The third-order valence-electron chi connectivity index (χ3n) is 2.81. The lowest BCUT2D eigenvalue weighted by atomic mass is 10.1. The predicted octanol–water partition coefficient (Wildman–Crippen LogP) is 1.66. The summed E-state index contributed by atoms with van der Waals surface area (Å²) in [6, 6.07) is 2.44. The molecule has 0 saturated carbocycles. The van der Waals surface area contributed by atoms with E-state index in [1.54, 1.807) is 6.92 Å². The van der Waals surface area contributed by atoms with Gasteiger partial charge in [0, 0.05) is 18.7 Å². The van der Waals surface area contributed by atoms with Gasteiger partial charge in [0.25, 0.3) is 0 Å². The van der Waals surface area contributed by atoms with Crippen LogP contribution in [0.15, 0.2) is 17.0 Å². The topological polar surface area (TPSA) is 92.7 Å². The molecule has 6 nitrogen and oxygen atoms in total. The molecule has 0 aliphatic heterocycles. The zero-order chi connectivity index (χ0) is 15.5. The van der Waals surface area contributed by atoms with Gasteiger partial charge in [-0.1, -0.05) is 11.6 Å². The average Bonchev–Trinajstić information content (AvgIpc) is 2.37. The van der Waals surface area contributed by atoms with Crippen molar-refractivity contribution in [1.82, 2.24) is 4.72 Å². The number of nitrogens with one attached hydrogen (secondary N) is 1. The number of benzene rings is 1.